The van der Waals surface area contributed by atoms with Gasteiger partial charge in [0.05, 0.1) is 5.56 Å². The van der Waals surface area contributed by atoms with Crippen molar-refractivity contribution < 1.29 is 0 Å². The summed E-state index contributed by atoms with van der Waals surface area (Å²) < 4.78 is 0. The van der Waals surface area contributed by atoms with E-state index in [-0.39, 0.29) is 0 Å². The summed E-state index contributed by atoms with van der Waals surface area (Å²) in [6.07, 6.45) is 0. The fraction of sp³-hybridized carbons (Fsp3) is 0.600. The van der Waals surface area contributed by atoms with Crippen LogP contribution in [0.4, 0.5) is 5.82 Å². The van der Waals surface area contributed by atoms with E-state index < -0.39 is 0 Å². The summed E-state index contributed by atoms with van der Waals surface area (Å²) in [7, 11) is 0. The lowest BCUT2D eigenvalue weighted by Crippen LogP contribution is -2.40. The SMILES string of the molecule is Cc1cc(Cl)nc(NCCN(C(C)C)C(C)C)c1C#N. The zero-order valence-corrected chi connectivity index (χ0v) is 13.6. The molecule has 0 aromatic carbocycles. The topological polar surface area (TPSA) is 52.0 Å². The van der Waals surface area contributed by atoms with Gasteiger partial charge in [0, 0.05) is 25.2 Å². The first-order valence-electron chi connectivity index (χ1n) is 6.93. The van der Waals surface area contributed by atoms with E-state index in [2.05, 4.69) is 49.0 Å². The maximum absolute atomic E-state index is 9.19. The van der Waals surface area contributed by atoms with Crippen molar-refractivity contribution in [1.29, 1.82) is 5.26 Å². The first-order chi connectivity index (χ1) is 9.36. The molecule has 0 fully saturated rings. The van der Waals surface area contributed by atoms with Crippen molar-refractivity contribution in [2.24, 2.45) is 0 Å². The monoisotopic (exact) mass is 294 g/mol. The van der Waals surface area contributed by atoms with Gasteiger partial charge in [-0.05, 0) is 46.2 Å². The van der Waals surface area contributed by atoms with Gasteiger partial charge in [0.15, 0.2) is 0 Å². The molecule has 0 unspecified atom stereocenters. The number of hydrogen-bond donors (Lipinski definition) is 1. The van der Waals surface area contributed by atoms with Gasteiger partial charge in [0.1, 0.15) is 17.0 Å². The molecule has 0 spiro atoms. The Balaban J connectivity index is 2.74. The van der Waals surface area contributed by atoms with Gasteiger partial charge in [-0.3, -0.25) is 4.90 Å². The zero-order chi connectivity index (χ0) is 15.3. The Hall–Kier alpha value is -1.31. The standard InChI is InChI=1S/C15H23ClN4/c1-10(2)20(11(3)4)7-6-18-15-13(9-17)12(5)8-14(16)19-15/h8,10-11H,6-7H2,1-5H3,(H,18,19). The predicted molar refractivity (Wildman–Crippen MR) is 84.2 cm³/mol. The Labute approximate surface area is 126 Å². The molecule has 4 nitrogen and oxygen atoms in total. The minimum Gasteiger partial charge on any atom is -0.368 e. The Bertz CT molecular complexity index is 483. The highest BCUT2D eigenvalue weighted by molar-refractivity contribution is 6.29. The number of aryl methyl sites for hydroxylation is 1. The van der Waals surface area contributed by atoms with Crippen molar-refractivity contribution in [3.05, 3.63) is 22.3 Å². The van der Waals surface area contributed by atoms with E-state index in [4.69, 9.17) is 11.6 Å². The molecular formula is C15H23ClN4. The Kier molecular flexibility index (Phi) is 6.25. The number of halogens is 1. The molecule has 0 aliphatic heterocycles. The van der Waals surface area contributed by atoms with E-state index in [1.165, 1.54) is 0 Å². The minimum atomic E-state index is 0.411. The molecular weight excluding hydrogens is 272 g/mol. The van der Waals surface area contributed by atoms with Crippen LogP contribution in [-0.2, 0) is 0 Å². The lowest BCUT2D eigenvalue weighted by atomic mass is 10.1. The average molecular weight is 295 g/mol. The average Bonchev–Trinajstić information content (AvgIpc) is 2.33. The van der Waals surface area contributed by atoms with Crippen molar-refractivity contribution in [2.75, 3.05) is 18.4 Å². The Morgan fingerprint density at radius 3 is 2.45 bits per heavy atom. The van der Waals surface area contributed by atoms with E-state index in [9.17, 15) is 5.26 Å². The van der Waals surface area contributed by atoms with Gasteiger partial charge in [0.2, 0.25) is 0 Å². The van der Waals surface area contributed by atoms with Crippen molar-refractivity contribution >= 4 is 17.4 Å². The highest BCUT2D eigenvalue weighted by Crippen LogP contribution is 2.20. The summed E-state index contributed by atoms with van der Waals surface area (Å²) in [6, 6.07) is 4.86. The van der Waals surface area contributed by atoms with E-state index in [1.807, 2.05) is 6.92 Å². The largest absolute Gasteiger partial charge is 0.368 e. The maximum atomic E-state index is 9.19. The van der Waals surface area contributed by atoms with Crippen LogP contribution < -0.4 is 5.32 Å². The van der Waals surface area contributed by atoms with Gasteiger partial charge in [-0.25, -0.2) is 4.98 Å². The fourth-order valence-corrected chi connectivity index (χ4v) is 2.57. The van der Waals surface area contributed by atoms with Crippen LogP contribution >= 0.6 is 11.6 Å². The van der Waals surface area contributed by atoms with Crippen LogP contribution in [-0.4, -0.2) is 35.1 Å². The number of nitrogens with one attached hydrogen (secondary N) is 1. The molecule has 1 aromatic heterocycles. The lowest BCUT2D eigenvalue weighted by Gasteiger charge is -2.30. The molecule has 1 N–H and O–H groups in total. The Morgan fingerprint density at radius 1 is 1.35 bits per heavy atom. The second kappa shape index (κ2) is 7.47. The molecule has 1 heterocycles. The van der Waals surface area contributed by atoms with E-state index in [1.54, 1.807) is 6.07 Å². The third-order valence-corrected chi connectivity index (χ3v) is 3.48. The van der Waals surface area contributed by atoms with Gasteiger partial charge in [-0.2, -0.15) is 5.26 Å². The van der Waals surface area contributed by atoms with Crippen LogP contribution in [0.5, 0.6) is 0 Å². The van der Waals surface area contributed by atoms with Gasteiger partial charge in [-0.15, -0.1) is 0 Å². The summed E-state index contributed by atoms with van der Waals surface area (Å²) >= 11 is 5.95. The molecule has 5 heteroatoms. The molecule has 0 atom stereocenters. The van der Waals surface area contributed by atoms with Gasteiger partial charge < -0.3 is 5.32 Å². The third-order valence-electron chi connectivity index (χ3n) is 3.29. The molecule has 0 bridgehead atoms. The number of aromatic nitrogens is 1. The highest BCUT2D eigenvalue weighted by atomic mass is 35.5. The normalized spacial score (nSPS) is 11.2. The maximum Gasteiger partial charge on any atom is 0.146 e. The number of pyridine rings is 1. The van der Waals surface area contributed by atoms with E-state index in [0.29, 0.717) is 28.6 Å². The quantitative estimate of drug-likeness (QED) is 0.817. The summed E-state index contributed by atoms with van der Waals surface area (Å²) in [5, 5.41) is 12.8. The Morgan fingerprint density at radius 2 is 1.95 bits per heavy atom. The molecule has 1 aromatic rings. The molecule has 20 heavy (non-hydrogen) atoms. The third kappa shape index (κ3) is 4.36. The van der Waals surface area contributed by atoms with Gasteiger partial charge in [-0.1, -0.05) is 11.6 Å². The van der Waals surface area contributed by atoms with Crippen molar-refractivity contribution in [3.63, 3.8) is 0 Å². The van der Waals surface area contributed by atoms with Crippen LogP contribution in [0.25, 0.3) is 0 Å². The molecule has 110 valence electrons. The second-order valence-electron chi connectivity index (χ2n) is 5.45. The van der Waals surface area contributed by atoms with Crippen molar-refractivity contribution in [3.8, 4) is 6.07 Å². The first-order valence-corrected chi connectivity index (χ1v) is 7.31. The predicted octanol–water partition coefficient (Wildman–Crippen LogP) is 3.45. The van der Waals surface area contributed by atoms with Crippen molar-refractivity contribution in [2.45, 2.75) is 46.7 Å². The van der Waals surface area contributed by atoms with E-state index in [0.717, 1.165) is 18.7 Å². The molecule has 0 amide bonds. The zero-order valence-electron chi connectivity index (χ0n) is 12.9. The summed E-state index contributed by atoms with van der Waals surface area (Å²) in [5.74, 6) is 0.574. The van der Waals surface area contributed by atoms with E-state index >= 15 is 0 Å². The lowest BCUT2D eigenvalue weighted by molar-refractivity contribution is 0.182. The summed E-state index contributed by atoms with van der Waals surface area (Å²) in [5.41, 5.74) is 1.41. The van der Waals surface area contributed by atoms with Crippen LogP contribution in [0.1, 0.15) is 38.8 Å². The second-order valence-corrected chi connectivity index (χ2v) is 5.84. The number of nitriles is 1. The molecule has 1 rings (SSSR count). The van der Waals surface area contributed by atoms with Gasteiger partial charge in [0.25, 0.3) is 0 Å². The van der Waals surface area contributed by atoms with Gasteiger partial charge >= 0.3 is 0 Å². The molecule has 0 aliphatic rings. The first kappa shape index (κ1) is 16.7. The van der Waals surface area contributed by atoms with Crippen molar-refractivity contribution in [1.82, 2.24) is 9.88 Å². The summed E-state index contributed by atoms with van der Waals surface area (Å²) in [6.45, 7) is 12.2. The molecule has 0 radical (unpaired) electrons. The molecule has 0 saturated heterocycles. The number of rotatable bonds is 6. The molecule has 0 aliphatic carbocycles. The smallest absolute Gasteiger partial charge is 0.146 e. The molecule has 0 saturated carbocycles. The van der Waals surface area contributed by atoms with Crippen LogP contribution in [0.2, 0.25) is 5.15 Å². The fourth-order valence-electron chi connectivity index (χ4n) is 2.32. The number of anilines is 1. The van der Waals surface area contributed by atoms with Crippen LogP contribution in [0.15, 0.2) is 6.07 Å². The minimum absolute atomic E-state index is 0.411. The number of hydrogen-bond acceptors (Lipinski definition) is 4. The summed E-state index contributed by atoms with van der Waals surface area (Å²) in [4.78, 5) is 6.59. The number of nitrogens with zero attached hydrogens (tertiary/aromatic N) is 3. The highest BCUT2D eigenvalue weighted by Gasteiger charge is 2.14. The van der Waals surface area contributed by atoms with Crippen LogP contribution in [0.3, 0.4) is 0 Å². The van der Waals surface area contributed by atoms with Crippen LogP contribution in [0, 0.1) is 18.3 Å².